The Morgan fingerprint density at radius 2 is 1.57 bits per heavy atom. The Morgan fingerprint density at radius 1 is 0.900 bits per heavy atom. The van der Waals surface area contributed by atoms with Crippen LogP contribution in [0.3, 0.4) is 0 Å². The number of ether oxygens (including phenoxy) is 6. The molecule has 0 aromatic heterocycles. The van der Waals surface area contributed by atoms with E-state index in [9.17, 15) is 14.7 Å². The number of amides is 1. The van der Waals surface area contributed by atoms with Gasteiger partial charge in [-0.15, -0.1) is 0 Å². The summed E-state index contributed by atoms with van der Waals surface area (Å²) >= 11 is 0. The highest BCUT2D eigenvalue weighted by Gasteiger charge is 2.46. The lowest BCUT2D eigenvalue weighted by Crippen LogP contribution is -2.39. The number of benzene rings is 2. The number of methoxy groups -OCH3 is 3. The van der Waals surface area contributed by atoms with E-state index in [0.717, 1.165) is 19.6 Å². The fourth-order valence-corrected chi connectivity index (χ4v) is 5.35. The molecule has 3 heterocycles. The van der Waals surface area contributed by atoms with Crippen molar-refractivity contribution in [3.63, 3.8) is 0 Å². The maximum Gasteiger partial charge on any atom is 0.295 e. The highest BCUT2D eigenvalue weighted by atomic mass is 16.6. The normalized spacial score (nSPS) is 20.5. The minimum atomic E-state index is -0.883. The smallest absolute Gasteiger partial charge is 0.295 e. The van der Waals surface area contributed by atoms with Gasteiger partial charge in [-0.05, 0) is 42.3 Å². The van der Waals surface area contributed by atoms with Crippen molar-refractivity contribution in [1.29, 1.82) is 0 Å². The van der Waals surface area contributed by atoms with Gasteiger partial charge in [-0.3, -0.25) is 14.5 Å². The molecule has 0 radical (unpaired) electrons. The summed E-state index contributed by atoms with van der Waals surface area (Å²) in [5.41, 5.74) is 0.856. The average molecular weight is 555 g/mol. The van der Waals surface area contributed by atoms with Crippen molar-refractivity contribution in [3.05, 3.63) is 47.0 Å². The zero-order valence-electron chi connectivity index (χ0n) is 22.9. The molecule has 11 heteroatoms. The van der Waals surface area contributed by atoms with Crippen LogP contribution in [-0.2, 0) is 14.3 Å². The summed E-state index contributed by atoms with van der Waals surface area (Å²) in [5, 5.41) is 11.5. The van der Waals surface area contributed by atoms with E-state index in [2.05, 4.69) is 4.90 Å². The van der Waals surface area contributed by atoms with Crippen molar-refractivity contribution in [2.24, 2.45) is 0 Å². The van der Waals surface area contributed by atoms with Gasteiger partial charge in [0.05, 0.1) is 46.2 Å². The van der Waals surface area contributed by atoms with Crippen molar-refractivity contribution in [2.45, 2.75) is 12.5 Å². The first-order valence-electron chi connectivity index (χ1n) is 13.2. The molecule has 1 amide bonds. The van der Waals surface area contributed by atoms with Crippen LogP contribution >= 0.6 is 0 Å². The minimum Gasteiger partial charge on any atom is -0.507 e. The number of nitrogens with zero attached hydrogens (tertiary/aromatic N) is 2. The molecule has 2 fully saturated rings. The van der Waals surface area contributed by atoms with Gasteiger partial charge in [0.15, 0.2) is 23.0 Å². The van der Waals surface area contributed by atoms with Crippen LogP contribution in [0.4, 0.5) is 0 Å². The van der Waals surface area contributed by atoms with Crippen LogP contribution in [0.2, 0.25) is 0 Å². The number of rotatable bonds is 9. The van der Waals surface area contributed by atoms with Crippen LogP contribution in [0.5, 0.6) is 28.7 Å². The molecule has 3 aliphatic heterocycles. The molecule has 2 aromatic carbocycles. The molecule has 1 N–H and O–H groups in total. The first-order valence-corrected chi connectivity index (χ1v) is 13.2. The molecule has 2 saturated heterocycles. The van der Waals surface area contributed by atoms with E-state index in [1.54, 1.807) is 30.3 Å². The number of Topliss-reactive ketones (excluding diaryl/α,β-unsaturated/α-hetero) is 1. The third-order valence-corrected chi connectivity index (χ3v) is 7.34. The zero-order chi connectivity index (χ0) is 28.2. The summed E-state index contributed by atoms with van der Waals surface area (Å²) < 4.78 is 33.3. The first kappa shape index (κ1) is 27.6. The van der Waals surface area contributed by atoms with Gasteiger partial charge in [0.2, 0.25) is 5.75 Å². The second-order valence-electron chi connectivity index (χ2n) is 9.62. The Bertz CT molecular complexity index is 1280. The summed E-state index contributed by atoms with van der Waals surface area (Å²) in [4.78, 5) is 30.7. The Labute approximate surface area is 232 Å². The van der Waals surface area contributed by atoms with Crippen LogP contribution in [-0.4, -0.2) is 101 Å². The Hall–Kier alpha value is -3.96. The first-order chi connectivity index (χ1) is 19.5. The maximum atomic E-state index is 13.5. The molecule has 0 aliphatic carbocycles. The third kappa shape index (κ3) is 5.26. The fraction of sp³-hybridized carbons (Fsp3) is 0.448. The molecule has 0 unspecified atom stereocenters. The Kier molecular flexibility index (Phi) is 8.32. The number of aliphatic hydroxyl groups is 1. The predicted octanol–water partition coefficient (Wildman–Crippen LogP) is 2.63. The molecular weight excluding hydrogens is 520 g/mol. The van der Waals surface area contributed by atoms with E-state index in [0.29, 0.717) is 79.3 Å². The van der Waals surface area contributed by atoms with E-state index in [1.807, 2.05) is 0 Å². The van der Waals surface area contributed by atoms with Gasteiger partial charge in [-0.1, -0.05) is 0 Å². The highest BCUT2D eigenvalue weighted by molar-refractivity contribution is 6.46. The second kappa shape index (κ2) is 12.1. The number of likely N-dealkylation sites (tertiary alicyclic amines) is 1. The largest absolute Gasteiger partial charge is 0.507 e. The lowest BCUT2D eigenvalue weighted by atomic mass is 9.94. The number of morpholine rings is 1. The molecule has 214 valence electrons. The highest BCUT2D eigenvalue weighted by Crippen LogP contribution is 2.46. The number of ketones is 1. The number of carbonyl (C=O) groups excluding carboxylic acids is 2. The van der Waals surface area contributed by atoms with Crippen molar-refractivity contribution >= 4 is 17.4 Å². The quantitative estimate of drug-likeness (QED) is 0.282. The van der Waals surface area contributed by atoms with Crippen molar-refractivity contribution in [1.82, 2.24) is 9.80 Å². The lowest BCUT2D eigenvalue weighted by molar-refractivity contribution is -0.140. The van der Waals surface area contributed by atoms with Crippen molar-refractivity contribution in [3.8, 4) is 28.7 Å². The fourth-order valence-electron chi connectivity index (χ4n) is 5.35. The molecule has 0 saturated carbocycles. The Morgan fingerprint density at radius 3 is 2.23 bits per heavy atom. The van der Waals surface area contributed by atoms with Crippen LogP contribution in [0.15, 0.2) is 35.9 Å². The van der Waals surface area contributed by atoms with E-state index >= 15 is 0 Å². The van der Waals surface area contributed by atoms with E-state index in [4.69, 9.17) is 28.4 Å². The third-order valence-electron chi connectivity index (χ3n) is 7.34. The van der Waals surface area contributed by atoms with Gasteiger partial charge in [-0.25, -0.2) is 0 Å². The number of carbonyl (C=O) groups is 2. The minimum absolute atomic E-state index is 0.0256. The van der Waals surface area contributed by atoms with Gasteiger partial charge in [-0.2, -0.15) is 0 Å². The standard InChI is InChI=1S/C29H34N2O9/c1-35-22-16-19(17-23(36-2)28(22)37-3)25-24(26(32)18-5-6-20-21(15-18)40-14-13-39-20)27(33)29(34)31(25)8-4-7-30-9-11-38-12-10-30/h5-6,15-17,25,32H,4,7-14H2,1-3H3/t25-/m1/s1. The topological polar surface area (TPSA) is 116 Å². The predicted molar refractivity (Wildman–Crippen MR) is 144 cm³/mol. The molecule has 40 heavy (non-hydrogen) atoms. The lowest BCUT2D eigenvalue weighted by Gasteiger charge is -2.29. The molecular formula is C29H34N2O9. The van der Waals surface area contributed by atoms with Gasteiger partial charge >= 0.3 is 0 Å². The number of hydrogen-bond donors (Lipinski definition) is 1. The molecule has 11 nitrogen and oxygen atoms in total. The van der Waals surface area contributed by atoms with Crippen LogP contribution < -0.4 is 23.7 Å². The second-order valence-corrected chi connectivity index (χ2v) is 9.62. The van der Waals surface area contributed by atoms with E-state index in [1.165, 1.54) is 26.2 Å². The SMILES string of the molecule is COc1cc([C@@H]2C(=C(O)c3ccc4c(c3)OCCO4)C(=O)C(=O)N2CCCN2CCOCC2)cc(OC)c1OC. The molecule has 1 atom stereocenters. The Balaban J connectivity index is 1.57. The van der Waals surface area contributed by atoms with Gasteiger partial charge < -0.3 is 38.4 Å². The van der Waals surface area contributed by atoms with Crippen LogP contribution in [0.1, 0.15) is 23.6 Å². The molecule has 3 aliphatic rings. The number of fused-ring (bicyclic) bond motifs is 1. The summed E-state index contributed by atoms with van der Waals surface area (Å²) in [5.74, 6) is 0.379. The van der Waals surface area contributed by atoms with E-state index in [-0.39, 0.29) is 11.3 Å². The summed E-state index contributed by atoms with van der Waals surface area (Å²) in [6.07, 6.45) is 0.637. The maximum absolute atomic E-state index is 13.5. The van der Waals surface area contributed by atoms with Crippen molar-refractivity contribution in [2.75, 3.05) is 73.9 Å². The van der Waals surface area contributed by atoms with E-state index < -0.39 is 17.7 Å². The zero-order valence-corrected chi connectivity index (χ0v) is 22.9. The monoisotopic (exact) mass is 554 g/mol. The summed E-state index contributed by atoms with van der Waals surface area (Å²) in [6.45, 7) is 4.83. The van der Waals surface area contributed by atoms with Crippen LogP contribution in [0, 0.1) is 0 Å². The van der Waals surface area contributed by atoms with Gasteiger partial charge in [0, 0.05) is 31.7 Å². The molecule has 2 aromatic rings. The summed E-state index contributed by atoms with van der Waals surface area (Å²) in [6, 6.07) is 7.44. The summed E-state index contributed by atoms with van der Waals surface area (Å²) in [7, 11) is 4.49. The molecule has 0 bridgehead atoms. The molecule has 0 spiro atoms. The van der Waals surface area contributed by atoms with Crippen LogP contribution in [0.25, 0.3) is 5.76 Å². The average Bonchev–Trinajstić information content (AvgIpc) is 3.25. The van der Waals surface area contributed by atoms with Crippen molar-refractivity contribution < 1.29 is 43.1 Å². The molecule has 5 rings (SSSR count). The number of hydrogen-bond acceptors (Lipinski definition) is 10. The van der Waals surface area contributed by atoms with Gasteiger partial charge in [0.25, 0.3) is 11.7 Å². The number of aliphatic hydroxyl groups excluding tert-OH is 1. The van der Waals surface area contributed by atoms with Gasteiger partial charge in [0.1, 0.15) is 19.0 Å².